The second-order valence-electron chi connectivity index (χ2n) is 15.0. The molecule has 14 nitrogen and oxygen atoms in total. The number of rotatable bonds is 23. The molecule has 4 aromatic carbocycles. The Kier molecular flexibility index (Phi) is 23.3. The summed E-state index contributed by atoms with van der Waals surface area (Å²) >= 11 is 0. The maximum atomic E-state index is 12.5. The molecule has 1 aliphatic heterocycles. The number of esters is 3. The molecule has 0 aromatic heterocycles. The number of carboxylic acids is 1. The molecular weight excluding hydrogens is 821 g/mol. The van der Waals surface area contributed by atoms with Crippen molar-refractivity contribution in [1.29, 1.82) is 0 Å². The summed E-state index contributed by atoms with van der Waals surface area (Å²) in [7, 11) is 2.95. The van der Waals surface area contributed by atoms with Crippen LogP contribution in [0.5, 0.6) is 23.0 Å². The first-order valence-electron chi connectivity index (χ1n) is 21.9. The highest BCUT2D eigenvalue weighted by atomic mass is 16.6. The number of aromatic hydroxyl groups is 1. The molecule has 1 heterocycles. The summed E-state index contributed by atoms with van der Waals surface area (Å²) in [6.45, 7) is 5.18. The molecule has 0 bridgehead atoms. The molecule has 0 spiro atoms. The smallest absolute Gasteiger partial charge is 0.346 e. The van der Waals surface area contributed by atoms with E-state index in [4.69, 9.17) is 14.2 Å². The van der Waals surface area contributed by atoms with Crippen LogP contribution >= 0.6 is 0 Å². The van der Waals surface area contributed by atoms with E-state index in [0.29, 0.717) is 48.6 Å². The standard InChI is InChI=1S/C25H31NO6.C17H27NO3.C8H4O3/c1-3-4-5-6-7-8-13-23(27)26-17-18-14-15-21(22(16-18)31-2)32-25(30)20-12-10-9-11-19(20)24(28)29;1-3-4-5-6-7-8-9-17(20)18-13-14-10-11-15(19)16(12-14)21-2;9-7-5-3-1-2-4-6(5)8(10)11-7/h9-12,14-16H,3-8,13,17H2,1-2H3,(H,26,27)(H,28,29);10-12,19H,3-9,13H2,1-2H3,(H,18,20);1-4H. The third kappa shape index (κ3) is 18.0. The largest absolute Gasteiger partial charge is 0.504 e. The number of ether oxygens (including phenoxy) is 4. The van der Waals surface area contributed by atoms with Gasteiger partial charge in [0.25, 0.3) is 0 Å². The monoisotopic (exact) mass is 882 g/mol. The lowest BCUT2D eigenvalue weighted by atomic mass is 10.1. The van der Waals surface area contributed by atoms with Crippen molar-refractivity contribution in [2.45, 2.75) is 117 Å². The lowest BCUT2D eigenvalue weighted by molar-refractivity contribution is -0.122. The normalized spacial score (nSPS) is 11.1. The molecule has 0 saturated carbocycles. The van der Waals surface area contributed by atoms with Crippen LogP contribution in [0.2, 0.25) is 0 Å². The highest BCUT2D eigenvalue weighted by Crippen LogP contribution is 2.30. The summed E-state index contributed by atoms with van der Waals surface area (Å²) in [6.07, 6.45) is 15.0. The van der Waals surface area contributed by atoms with Crippen LogP contribution in [0, 0.1) is 0 Å². The van der Waals surface area contributed by atoms with E-state index < -0.39 is 23.9 Å². The Hall–Kier alpha value is -6.70. The van der Waals surface area contributed by atoms with Crippen molar-refractivity contribution in [2.75, 3.05) is 14.2 Å². The zero-order valence-corrected chi connectivity index (χ0v) is 37.4. The van der Waals surface area contributed by atoms with Crippen LogP contribution in [0.25, 0.3) is 0 Å². The molecule has 4 aromatic rings. The highest BCUT2D eigenvalue weighted by Gasteiger charge is 2.28. The average Bonchev–Trinajstić information content (AvgIpc) is 3.60. The van der Waals surface area contributed by atoms with E-state index in [-0.39, 0.29) is 34.4 Å². The molecule has 0 radical (unpaired) electrons. The van der Waals surface area contributed by atoms with Gasteiger partial charge < -0.3 is 39.8 Å². The predicted octanol–water partition coefficient (Wildman–Crippen LogP) is 9.74. The number of aromatic carboxylic acids is 1. The topological polar surface area (TPSA) is 204 Å². The zero-order chi connectivity index (χ0) is 46.7. The summed E-state index contributed by atoms with van der Waals surface area (Å²) in [5.74, 6) is -2.00. The minimum absolute atomic E-state index is 0.000223. The van der Waals surface area contributed by atoms with Gasteiger partial charge in [-0.25, -0.2) is 19.2 Å². The van der Waals surface area contributed by atoms with Crippen LogP contribution in [-0.2, 0) is 27.4 Å². The van der Waals surface area contributed by atoms with E-state index in [1.807, 2.05) is 0 Å². The van der Waals surface area contributed by atoms with E-state index in [0.717, 1.165) is 43.2 Å². The number of cyclic esters (lactones) is 2. The van der Waals surface area contributed by atoms with Gasteiger partial charge in [0, 0.05) is 25.9 Å². The highest BCUT2D eigenvalue weighted by molar-refractivity contribution is 6.14. The molecule has 0 saturated heterocycles. The van der Waals surface area contributed by atoms with Gasteiger partial charge in [0.1, 0.15) is 0 Å². The fourth-order valence-electron chi connectivity index (χ4n) is 6.48. The Balaban J connectivity index is 0.000000288. The van der Waals surface area contributed by atoms with Crippen molar-refractivity contribution in [3.8, 4) is 23.0 Å². The quantitative estimate of drug-likeness (QED) is 0.0238. The lowest BCUT2D eigenvalue weighted by Gasteiger charge is -2.12. The van der Waals surface area contributed by atoms with Crippen LogP contribution in [0.4, 0.5) is 0 Å². The number of phenolic OH excluding ortho intramolecular Hbond substituents is 1. The van der Waals surface area contributed by atoms with Gasteiger partial charge in [-0.2, -0.15) is 0 Å². The third-order valence-corrected chi connectivity index (χ3v) is 10.1. The number of benzene rings is 4. The number of methoxy groups -OCH3 is 2. The summed E-state index contributed by atoms with van der Waals surface area (Å²) < 4.78 is 20.1. The Morgan fingerprint density at radius 2 is 1.02 bits per heavy atom. The van der Waals surface area contributed by atoms with E-state index in [2.05, 4.69) is 29.2 Å². The van der Waals surface area contributed by atoms with Gasteiger partial charge in [-0.05, 0) is 72.5 Å². The number of amides is 2. The van der Waals surface area contributed by atoms with E-state index in [9.17, 15) is 39.0 Å². The van der Waals surface area contributed by atoms with Crippen molar-refractivity contribution in [1.82, 2.24) is 10.6 Å². The molecule has 0 fully saturated rings. The maximum Gasteiger partial charge on any atom is 0.346 e. The molecule has 2 amide bonds. The van der Waals surface area contributed by atoms with Gasteiger partial charge in [0.2, 0.25) is 11.8 Å². The lowest BCUT2D eigenvalue weighted by Crippen LogP contribution is -2.22. The average molecular weight is 883 g/mol. The second-order valence-corrected chi connectivity index (χ2v) is 15.0. The second kappa shape index (κ2) is 28.8. The number of nitrogens with one attached hydrogen (secondary N) is 2. The van der Waals surface area contributed by atoms with Gasteiger partial charge in [-0.3, -0.25) is 9.59 Å². The van der Waals surface area contributed by atoms with Crippen molar-refractivity contribution in [3.63, 3.8) is 0 Å². The fraction of sp³-hybridized carbons (Fsp3) is 0.400. The number of fused-ring (bicyclic) bond motifs is 1. The van der Waals surface area contributed by atoms with Crippen LogP contribution in [0.3, 0.4) is 0 Å². The number of hydrogen-bond acceptors (Lipinski definition) is 11. The minimum Gasteiger partial charge on any atom is -0.504 e. The van der Waals surface area contributed by atoms with Crippen LogP contribution in [0.1, 0.15) is 156 Å². The molecule has 5 rings (SSSR count). The molecule has 0 aliphatic carbocycles. The fourth-order valence-corrected chi connectivity index (χ4v) is 6.48. The van der Waals surface area contributed by atoms with E-state index in [1.54, 1.807) is 66.7 Å². The first kappa shape index (κ1) is 51.6. The van der Waals surface area contributed by atoms with Gasteiger partial charge >= 0.3 is 23.9 Å². The molecule has 64 heavy (non-hydrogen) atoms. The molecule has 344 valence electrons. The minimum atomic E-state index is -1.21. The van der Waals surface area contributed by atoms with E-state index in [1.165, 1.54) is 77.4 Å². The van der Waals surface area contributed by atoms with Crippen LogP contribution in [0.15, 0.2) is 84.9 Å². The zero-order valence-electron chi connectivity index (χ0n) is 37.4. The predicted molar refractivity (Wildman–Crippen MR) is 242 cm³/mol. The summed E-state index contributed by atoms with van der Waals surface area (Å²) in [4.78, 5) is 69.3. The molecule has 14 heteroatoms. The molecule has 4 N–H and O–H groups in total. The molecular formula is C50H62N2O12. The Morgan fingerprint density at radius 3 is 1.52 bits per heavy atom. The van der Waals surface area contributed by atoms with Crippen LogP contribution in [-0.4, -0.2) is 60.1 Å². The summed E-state index contributed by atoms with van der Waals surface area (Å²) in [5, 5.41) is 24.5. The summed E-state index contributed by atoms with van der Waals surface area (Å²) in [5.41, 5.74) is 2.24. The number of carboxylic acid groups (broad SMARTS) is 1. The maximum absolute atomic E-state index is 12.5. The molecule has 0 atom stereocenters. The first-order valence-corrected chi connectivity index (χ1v) is 21.9. The number of hydrogen-bond donors (Lipinski definition) is 4. The number of unbranched alkanes of at least 4 members (excludes halogenated alkanes) is 10. The Bertz CT molecular complexity index is 2120. The van der Waals surface area contributed by atoms with Gasteiger partial charge in [0.15, 0.2) is 23.0 Å². The van der Waals surface area contributed by atoms with Crippen molar-refractivity contribution in [3.05, 3.63) is 118 Å². The Morgan fingerprint density at radius 1 is 0.562 bits per heavy atom. The van der Waals surface area contributed by atoms with Gasteiger partial charge in [-0.15, -0.1) is 0 Å². The SMILES string of the molecule is CCCCCCCCC(=O)NCc1ccc(O)c(OC)c1.CCCCCCCCC(=O)NCc1ccc(OC(=O)c2ccccc2C(=O)O)c(OC)c1.O=C1OC(=O)c2ccccc21. The Labute approximate surface area is 375 Å². The van der Waals surface area contributed by atoms with Crippen LogP contribution < -0.4 is 24.8 Å². The number of carbonyl (C=O) groups is 6. The van der Waals surface area contributed by atoms with Crippen molar-refractivity contribution in [2.24, 2.45) is 0 Å². The third-order valence-electron chi connectivity index (χ3n) is 10.1. The molecule has 1 aliphatic rings. The van der Waals surface area contributed by atoms with Crippen molar-refractivity contribution >= 4 is 35.7 Å². The van der Waals surface area contributed by atoms with Gasteiger partial charge in [-0.1, -0.05) is 114 Å². The molecule has 0 unspecified atom stereocenters. The van der Waals surface area contributed by atoms with Crippen molar-refractivity contribution < 1.29 is 57.9 Å². The number of phenols is 1. The summed E-state index contributed by atoms with van der Waals surface area (Å²) in [6, 6.07) is 22.4. The van der Waals surface area contributed by atoms with E-state index >= 15 is 0 Å². The number of carbonyl (C=O) groups excluding carboxylic acids is 5. The first-order chi connectivity index (χ1) is 30.9. The van der Waals surface area contributed by atoms with Gasteiger partial charge in [0.05, 0.1) is 36.5 Å².